The Balaban J connectivity index is 1.70. The Morgan fingerprint density at radius 1 is 1.23 bits per heavy atom. The SMILES string of the molecule is CC(C)(C)OC(=O)N1CCCC(Oc2ccc(B3OC(C)(C)C(C)(C)O3)cc2C#N)C1. The van der Waals surface area contributed by atoms with Gasteiger partial charge in [0.25, 0.3) is 0 Å². The first-order valence-electron chi connectivity index (χ1n) is 10.9. The van der Waals surface area contributed by atoms with Crippen molar-refractivity contribution in [3.63, 3.8) is 0 Å². The van der Waals surface area contributed by atoms with Crippen molar-refractivity contribution in [2.45, 2.75) is 84.2 Å². The van der Waals surface area contributed by atoms with Gasteiger partial charge in [-0.1, -0.05) is 6.07 Å². The molecule has 7 nitrogen and oxygen atoms in total. The van der Waals surface area contributed by atoms with Crippen LogP contribution in [0.25, 0.3) is 0 Å². The van der Waals surface area contributed by atoms with Gasteiger partial charge in [0.05, 0.1) is 23.3 Å². The molecule has 8 heteroatoms. The molecule has 1 aromatic rings. The van der Waals surface area contributed by atoms with Crippen LogP contribution in [-0.4, -0.2) is 54.1 Å². The molecular formula is C23H33BN2O5. The van der Waals surface area contributed by atoms with Gasteiger partial charge in [0.2, 0.25) is 0 Å². The molecule has 0 spiro atoms. The number of hydrogen-bond acceptors (Lipinski definition) is 6. The Bertz CT molecular complexity index is 856. The number of likely N-dealkylation sites (tertiary alicyclic amines) is 1. The van der Waals surface area contributed by atoms with Crippen molar-refractivity contribution in [1.82, 2.24) is 4.90 Å². The number of hydrogen-bond donors (Lipinski definition) is 0. The van der Waals surface area contributed by atoms with Gasteiger partial charge in [-0.3, -0.25) is 0 Å². The van der Waals surface area contributed by atoms with Crippen LogP contribution in [0.15, 0.2) is 18.2 Å². The lowest BCUT2D eigenvalue weighted by molar-refractivity contribution is 0.00578. The normalized spacial score (nSPS) is 22.7. The average molecular weight is 428 g/mol. The van der Waals surface area contributed by atoms with E-state index in [1.807, 2.05) is 54.5 Å². The molecule has 31 heavy (non-hydrogen) atoms. The molecule has 0 radical (unpaired) electrons. The highest BCUT2D eigenvalue weighted by Crippen LogP contribution is 2.36. The van der Waals surface area contributed by atoms with Crippen LogP contribution in [0.3, 0.4) is 0 Å². The van der Waals surface area contributed by atoms with Crippen LogP contribution in [0.2, 0.25) is 0 Å². The number of nitrogens with zero attached hydrogens (tertiary/aromatic N) is 2. The monoisotopic (exact) mass is 428 g/mol. The van der Waals surface area contributed by atoms with Crippen LogP contribution >= 0.6 is 0 Å². The number of carbonyl (C=O) groups is 1. The zero-order valence-corrected chi connectivity index (χ0v) is 19.7. The highest BCUT2D eigenvalue weighted by molar-refractivity contribution is 6.62. The van der Waals surface area contributed by atoms with Gasteiger partial charge in [-0.05, 0) is 78.9 Å². The van der Waals surface area contributed by atoms with E-state index in [2.05, 4.69) is 6.07 Å². The zero-order valence-electron chi connectivity index (χ0n) is 19.7. The van der Waals surface area contributed by atoms with E-state index in [-0.39, 0.29) is 12.2 Å². The molecule has 0 bridgehead atoms. The average Bonchev–Trinajstić information content (AvgIpc) is 2.88. The minimum atomic E-state index is -0.539. The number of rotatable bonds is 3. The summed E-state index contributed by atoms with van der Waals surface area (Å²) in [5.41, 5.74) is -0.245. The Morgan fingerprint density at radius 2 is 1.87 bits per heavy atom. The standard InChI is InChI=1S/C23H33BN2O5/c1-21(2,3)29-20(27)26-12-8-9-18(15-26)28-19-11-10-17(13-16(19)14-25)24-30-22(4,5)23(6,7)31-24/h10-11,13,18H,8-9,12,15H2,1-7H3. The summed E-state index contributed by atoms with van der Waals surface area (Å²) in [7, 11) is -0.538. The van der Waals surface area contributed by atoms with Gasteiger partial charge in [0, 0.05) is 6.54 Å². The van der Waals surface area contributed by atoms with E-state index in [1.54, 1.807) is 17.0 Å². The van der Waals surface area contributed by atoms with Gasteiger partial charge in [-0.2, -0.15) is 5.26 Å². The van der Waals surface area contributed by atoms with Crippen molar-refractivity contribution in [3.8, 4) is 11.8 Å². The number of benzene rings is 1. The van der Waals surface area contributed by atoms with E-state index in [4.69, 9.17) is 18.8 Å². The van der Waals surface area contributed by atoms with E-state index in [9.17, 15) is 10.1 Å². The van der Waals surface area contributed by atoms with Crippen LogP contribution in [0.1, 0.15) is 66.9 Å². The molecule has 2 aliphatic rings. The molecule has 0 N–H and O–H groups in total. The fourth-order valence-corrected chi connectivity index (χ4v) is 3.57. The maximum Gasteiger partial charge on any atom is 0.494 e. The van der Waals surface area contributed by atoms with E-state index >= 15 is 0 Å². The van der Waals surface area contributed by atoms with Crippen molar-refractivity contribution in [1.29, 1.82) is 5.26 Å². The van der Waals surface area contributed by atoms with E-state index in [0.717, 1.165) is 18.3 Å². The lowest BCUT2D eigenvalue weighted by Crippen LogP contribution is -2.46. The molecule has 2 fully saturated rings. The van der Waals surface area contributed by atoms with Crippen molar-refractivity contribution in [3.05, 3.63) is 23.8 Å². The lowest BCUT2D eigenvalue weighted by atomic mass is 9.78. The predicted octanol–water partition coefficient (Wildman–Crippen LogP) is 3.64. The van der Waals surface area contributed by atoms with Gasteiger partial charge in [0.15, 0.2) is 0 Å². The summed E-state index contributed by atoms with van der Waals surface area (Å²) in [4.78, 5) is 14.1. The van der Waals surface area contributed by atoms with Crippen LogP contribution in [-0.2, 0) is 14.0 Å². The molecule has 1 atom stereocenters. The Hall–Kier alpha value is -2.24. The second-order valence-corrected chi connectivity index (χ2v) is 10.3. The van der Waals surface area contributed by atoms with Gasteiger partial charge >= 0.3 is 13.2 Å². The second kappa shape index (κ2) is 8.36. The highest BCUT2D eigenvalue weighted by atomic mass is 16.7. The number of carbonyl (C=O) groups excluding carboxylic acids is 1. The maximum absolute atomic E-state index is 12.4. The molecule has 1 unspecified atom stereocenters. The van der Waals surface area contributed by atoms with Gasteiger partial charge in [0.1, 0.15) is 23.5 Å². The molecule has 1 amide bonds. The third kappa shape index (κ3) is 5.34. The Labute approximate surface area is 185 Å². The first-order chi connectivity index (χ1) is 14.3. The minimum Gasteiger partial charge on any atom is -0.487 e. The van der Waals surface area contributed by atoms with Crippen molar-refractivity contribution in [2.75, 3.05) is 13.1 Å². The quantitative estimate of drug-likeness (QED) is 0.684. The molecule has 1 aromatic carbocycles. The number of piperidine rings is 1. The number of nitriles is 1. The molecular weight excluding hydrogens is 395 g/mol. The third-order valence-electron chi connectivity index (χ3n) is 5.97. The first-order valence-corrected chi connectivity index (χ1v) is 10.9. The smallest absolute Gasteiger partial charge is 0.487 e. The lowest BCUT2D eigenvalue weighted by Gasteiger charge is -2.34. The summed E-state index contributed by atoms with van der Waals surface area (Å²) in [6.07, 6.45) is 1.09. The summed E-state index contributed by atoms with van der Waals surface area (Å²) in [6.45, 7) is 14.6. The van der Waals surface area contributed by atoms with Crippen LogP contribution in [0, 0.1) is 11.3 Å². The van der Waals surface area contributed by atoms with Crippen LogP contribution < -0.4 is 10.2 Å². The minimum absolute atomic E-state index is 0.198. The van der Waals surface area contributed by atoms with Crippen molar-refractivity contribution >= 4 is 18.7 Å². The summed E-state index contributed by atoms with van der Waals surface area (Å²) >= 11 is 0. The molecule has 2 saturated heterocycles. The first kappa shape index (κ1) is 23.4. The summed E-state index contributed by atoms with van der Waals surface area (Å²) in [6, 6.07) is 7.62. The van der Waals surface area contributed by atoms with E-state index in [1.165, 1.54) is 0 Å². The van der Waals surface area contributed by atoms with Gasteiger partial charge in [-0.25, -0.2) is 4.79 Å². The largest absolute Gasteiger partial charge is 0.494 e. The topological polar surface area (TPSA) is 81.0 Å². The number of amides is 1. The molecule has 0 aromatic heterocycles. The predicted molar refractivity (Wildman–Crippen MR) is 118 cm³/mol. The maximum atomic E-state index is 12.4. The molecule has 2 heterocycles. The fraction of sp³-hybridized carbons (Fsp3) is 0.652. The van der Waals surface area contributed by atoms with Crippen molar-refractivity contribution < 1.29 is 23.6 Å². The van der Waals surface area contributed by atoms with E-state index < -0.39 is 23.9 Å². The molecule has 2 aliphatic heterocycles. The Morgan fingerprint density at radius 3 is 2.45 bits per heavy atom. The molecule has 3 rings (SSSR count). The van der Waals surface area contributed by atoms with Crippen LogP contribution in [0.4, 0.5) is 4.79 Å². The van der Waals surface area contributed by atoms with Gasteiger partial charge in [-0.15, -0.1) is 0 Å². The van der Waals surface area contributed by atoms with Gasteiger partial charge < -0.3 is 23.7 Å². The highest BCUT2D eigenvalue weighted by Gasteiger charge is 2.51. The third-order valence-corrected chi connectivity index (χ3v) is 5.97. The summed E-state index contributed by atoms with van der Waals surface area (Å²) in [5, 5.41) is 9.69. The fourth-order valence-electron chi connectivity index (χ4n) is 3.57. The summed E-state index contributed by atoms with van der Waals surface area (Å²) in [5.74, 6) is 0.499. The zero-order chi connectivity index (χ0) is 23.0. The Kier molecular flexibility index (Phi) is 6.32. The van der Waals surface area contributed by atoms with E-state index in [0.29, 0.717) is 24.4 Å². The number of ether oxygens (including phenoxy) is 2. The molecule has 0 aliphatic carbocycles. The van der Waals surface area contributed by atoms with Crippen LogP contribution in [0.5, 0.6) is 5.75 Å². The van der Waals surface area contributed by atoms with Crippen molar-refractivity contribution in [2.24, 2.45) is 0 Å². The molecule has 168 valence electrons. The summed E-state index contributed by atoms with van der Waals surface area (Å²) < 4.78 is 23.8. The molecule has 0 saturated carbocycles. The second-order valence-electron chi connectivity index (χ2n) is 10.3.